The fraction of sp³-hybridized carbons (Fsp3) is 0.364. The summed E-state index contributed by atoms with van der Waals surface area (Å²) in [5.74, 6) is 1.20. The summed E-state index contributed by atoms with van der Waals surface area (Å²) in [6, 6.07) is 14.6. The molecule has 29 heavy (non-hydrogen) atoms. The molecule has 0 radical (unpaired) electrons. The maximum absolute atomic E-state index is 12.5. The Bertz CT molecular complexity index is 836. The summed E-state index contributed by atoms with van der Waals surface area (Å²) in [7, 11) is 1.54. The molecule has 6 nitrogen and oxygen atoms in total. The lowest BCUT2D eigenvalue weighted by molar-refractivity contribution is -0.135. The van der Waals surface area contributed by atoms with Gasteiger partial charge in [-0.05, 0) is 43.2 Å². The van der Waals surface area contributed by atoms with E-state index in [0.717, 1.165) is 5.75 Å². The number of methoxy groups -OCH3 is 1. The van der Waals surface area contributed by atoms with Crippen LogP contribution in [0.3, 0.4) is 0 Å². The molecule has 0 atom stereocenters. The van der Waals surface area contributed by atoms with Crippen molar-refractivity contribution in [2.45, 2.75) is 19.3 Å². The predicted octanol–water partition coefficient (Wildman–Crippen LogP) is 3.99. The minimum absolute atomic E-state index is 0.0502. The van der Waals surface area contributed by atoms with Gasteiger partial charge in [0.25, 0.3) is 0 Å². The molecule has 0 saturated carbocycles. The van der Waals surface area contributed by atoms with Gasteiger partial charge in [-0.25, -0.2) is 0 Å². The molecule has 1 heterocycles. The normalized spacial score (nSPS) is 14.3. The van der Waals surface area contributed by atoms with Crippen LogP contribution < -0.4 is 14.8 Å². The van der Waals surface area contributed by atoms with Crippen LogP contribution in [0.25, 0.3) is 0 Å². The number of rotatable bonds is 7. The van der Waals surface area contributed by atoms with E-state index < -0.39 is 0 Å². The highest BCUT2D eigenvalue weighted by molar-refractivity contribution is 6.32. The van der Waals surface area contributed by atoms with Gasteiger partial charge in [0.05, 0.1) is 25.2 Å². The molecule has 1 fully saturated rings. The van der Waals surface area contributed by atoms with E-state index in [1.54, 1.807) is 25.3 Å². The number of hydrogen-bond acceptors (Lipinski definition) is 4. The Balaban J connectivity index is 1.41. The Morgan fingerprint density at radius 2 is 1.86 bits per heavy atom. The lowest BCUT2D eigenvalue weighted by atomic mass is 9.95. The highest BCUT2D eigenvalue weighted by atomic mass is 35.5. The van der Waals surface area contributed by atoms with Crippen molar-refractivity contribution in [3.05, 3.63) is 53.6 Å². The summed E-state index contributed by atoms with van der Waals surface area (Å²) < 4.78 is 10.7. The number of para-hydroxylation sites is 1. The van der Waals surface area contributed by atoms with Crippen molar-refractivity contribution in [2.75, 3.05) is 32.1 Å². The van der Waals surface area contributed by atoms with E-state index in [9.17, 15) is 9.59 Å². The van der Waals surface area contributed by atoms with Gasteiger partial charge < -0.3 is 19.7 Å². The number of piperidine rings is 1. The molecule has 7 heteroatoms. The summed E-state index contributed by atoms with van der Waals surface area (Å²) in [5, 5.41) is 3.35. The van der Waals surface area contributed by atoms with Gasteiger partial charge in [-0.1, -0.05) is 29.8 Å². The number of carbonyl (C=O) groups excluding carboxylic acids is 2. The van der Waals surface area contributed by atoms with Gasteiger partial charge in [0, 0.05) is 24.7 Å². The number of likely N-dealkylation sites (tertiary alicyclic amines) is 1. The molecule has 2 aromatic carbocycles. The van der Waals surface area contributed by atoms with Crippen LogP contribution in [-0.4, -0.2) is 43.5 Å². The first-order valence-electron chi connectivity index (χ1n) is 9.67. The molecule has 154 valence electrons. The maximum atomic E-state index is 12.5. The molecule has 3 rings (SSSR count). The van der Waals surface area contributed by atoms with Crippen LogP contribution in [0.1, 0.15) is 19.3 Å². The van der Waals surface area contributed by atoms with Gasteiger partial charge >= 0.3 is 0 Å². The first-order chi connectivity index (χ1) is 14.1. The lowest BCUT2D eigenvalue weighted by Gasteiger charge is -2.31. The van der Waals surface area contributed by atoms with Crippen LogP contribution in [0, 0.1) is 5.92 Å². The van der Waals surface area contributed by atoms with Gasteiger partial charge in [-0.3, -0.25) is 9.59 Å². The summed E-state index contributed by atoms with van der Waals surface area (Å²) >= 11 is 6.10. The van der Waals surface area contributed by atoms with Crippen molar-refractivity contribution < 1.29 is 19.1 Å². The van der Waals surface area contributed by atoms with Crippen LogP contribution in [0.15, 0.2) is 48.5 Å². The minimum Gasteiger partial charge on any atom is -0.495 e. The van der Waals surface area contributed by atoms with Crippen LogP contribution in [-0.2, 0) is 9.59 Å². The number of nitrogens with zero attached hydrogens (tertiary/aromatic N) is 1. The summed E-state index contributed by atoms with van der Waals surface area (Å²) in [6.07, 6.45) is 1.61. The number of halogens is 1. The molecule has 2 aromatic rings. The van der Waals surface area contributed by atoms with Crippen molar-refractivity contribution >= 4 is 29.1 Å². The molecule has 1 aliphatic heterocycles. The topological polar surface area (TPSA) is 67.9 Å². The summed E-state index contributed by atoms with van der Waals surface area (Å²) in [4.78, 5) is 26.7. The molecule has 2 amide bonds. The third-order valence-electron chi connectivity index (χ3n) is 4.97. The third-order valence-corrected chi connectivity index (χ3v) is 5.26. The second kappa shape index (κ2) is 10.2. The van der Waals surface area contributed by atoms with Crippen molar-refractivity contribution in [3.8, 4) is 11.5 Å². The van der Waals surface area contributed by atoms with Crippen molar-refractivity contribution in [3.63, 3.8) is 0 Å². The summed E-state index contributed by atoms with van der Waals surface area (Å²) in [6.45, 7) is 1.50. The number of carbonyl (C=O) groups is 2. The van der Waals surface area contributed by atoms with Gasteiger partial charge in [0.2, 0.25) is 11.8 Å². The van der Waals surface area contributed by atoms with Gasteiger partial charge in [0.1, 0.15) is 11.5 Å². The Morgan fingerprint density at radius 3 is 2.52 bits per heavy atom. The zero-order valence-corrected chi connectivity index (χ0v) is 17.2. The predicted molar refractivity (Wildman–Crippen MR) is 112 cm³/mol. The smallest absolute Gasteiger partial charge is 0.227 e. The molecule has 1 N–H and O–H groups in total. The first kappa shape index (κ1) is 21.0. The summed E-state index contributed by atoms with van der Waals surface area (Å²) in [5.41, 5.74) is 0.636. The molecular weight excluding hydrogens is 392 g/mol. The SMILES string of the molecule is COc1ccc(NC(=O)C2CCN(C(=O)CCOc3ccccc3)CC2)cc1Cl. The van der Waals surface area contributed by atoms with Crippen LogP contribution in [0.5, 0.6) is 11.5 Å². The van der Waals surface area contributed by atoms with E-state index in [-0.39, 0.29) is 17.7 Å². The molecule has 0 aromatic heterocycles. The quantitative estimate of drug-likeness (QED) is 0.740. The second-order valence-electron chi connectivity index (χ2n) is 6.91. The number of benzene rings is 2. The first-order valence-corrected chi connectivity index (χ1v) is 10.0. The molecular formula is C22H25ClN2O4. The monoisotopic (exact) mass is 416 g/mol. The maximum Gasteiger partial charge on any atom is 0.227 e. The fourth-order valence-corrected chi connectivity index (χ4v) is 3.57. The van der Waals surface area contributed by atoms with Gasteiger partial charge in [-0.15, -0.1) is 0 Å². The van der Waals surface area contributed by atoms with Crippen molar-refractivity contribution in [1.29, 1.82) is 0 Å². The van der Waals surface area contributed by atoms with Crippen LogP contribution >= 0.6 is 11.6 Å². The number of nitrogens with one attached hydrogen (secondary N) is 1. The minimum atomic E-state index is -0.125. The van der Waals surface area contributed by atoms with E-state index in [4.69, 9.17) is 21.1 Å². The van der Waals surface area contributed by atoms with E-state index in [2.05, 4.69) is 5.32 Å². The van der Waals surface area contributed by atoms with Crippen molar-refractivity contribution in [1.82, 2.24) is 4.90 Å². The molecule has 0 unspecified atom stereocenters. The molecule has 1 aliphatic rings. The lowest BCUT2D eigenvalue weighted by Crippen LogP contribution is -2.41. The molecule has 0 spiro atoms. The van der Waals surface area contributed by atoms with Gasteiger partial charge in [0.15, 0.2) is 0 Å². The zero-order valence-electron chi connectivity index (χ0n) is 16.4. The molecule has 0 bridgehead atoms. The highest BCUT2D eigenvalue weighted by Gasteiger charge is 2.27. The van der Waals surface area contributed by atoms with E-state index in [1.165, 1.54) is 0 Å². The second-order valence-corrected chi connectivity index (χ2v) is 7.31. The number of ether oxygens (including phenoxy) is 2. The fourth-order valence-electron chi connectivity index (χ4n) is 3.31. The zero-order chi connectivity index (χ0) is 20.6. The average molecular weight is 417 g/mol. The standard InChI is InChI=1S/C22H25ClN2O4/c1-28-20-8-7-17(15-19(20)23)24-22(27)16-9-12-25(13-10-16)21(26)11-14-29-18-5-3-2-4-6-18/h2-8,15-16H,9-14H2,1H3,(H,24,27). The molecule has 1 saturated heterocycles. The Hall–Kier alpha value is -2.73. The largest absolute Gasteiger partial charge is 0.495 e. The van der Waals surface area contributed by atoms with Crippen LogP contribution in [0.2, 0.25) is 5.02 Å². The van der Waals surface area contributed by atoms with E-state index in [1.807, 2.05) is 35.2 Å². The Labute approximate surface area is 175 Å². The Morgan fingerprint density at radius 1 is 1.14 bits per heavy atom. The average Bonchev–Trinajstić information content (AvgIpc) is 2.74. The number of anilines is 1. The van der Waals surface area contributed by atoms with Crippen molar-refractivity contribution in [2.24, 2.45) is 5.92 Å². The van der Waals surface area contributed by atoms with Gasteiger partial charge in [-0.2, -0.15) is 0 Å². The number of amides is 2. The number of hydrogen-bond donors (Lipinski definition) is 1. The molecule has 0 aliphatic carbocycles. The highest BCUT2D eigenvalue weighted by Crippen LogP contribution is 2.28. The van der Waals surface area contributed by atoms with E-state index in [0.29, 0.717) is 55.4 Å². The van der Waals surface area contributed by atoms with Crippen LogP contribution in [0.4, 0.5) is 5.69 Å². The third kappa shape index (κ3) is 5.87. The Kier molecular flexibility index (Phi) is 7.36. The van der Waals surface area contributed by atoms with E-state index >= 15 is 0 Å².